The molecule has 0 aromatic carbocycles. The van der Waals surface area contributed by atoms with Gasteiger partial charge in [0.1, 0.15) is 17.2 Å². The van der Waals surface area contributed by atoms with E-state index in [1.54, 1.807) is 0 Å². The minimum absolute atomic E-state index is 0.0499. The van der Waals surface area contributed by atoms with Crippen molar-refractivity contribution in [2.24, 2.45) is 5.92 Å². The maximum atomic E-state index is 12.9. The highest BCUT2D eigenvalue weighted by molar-refractivity contribution is 5.80. The number of rotatable bonds is 5. The first-order chi connectivity index (χ1) is 14.6. The molecule has 5 rings (SSSR count). The fourth-order valence-electron chi connectivity index (χ4n) is 5.07. The van der Waals surface area contributed by atoms with Gasteiger partial charge in [-0.2, -0.15) is 0 Å². The molecule has 1 saturated carbocycles. The van der Waals surface area contributed by atoms with Crippen LogP contribution in [0.1, 0.15) is 51.3 Å². The Morgan fingerprint density at radius 3 is 2.73 bits per heavy atom. The quantitative estimate of drug-likeness (QED) is 0.765. The van der Waals surface area contributed by atoms with Gasteiger partial charge in [0.15, 0.2) is 5.65 Å². The molecule has 2 saturated heterocycles. The molecule has 0 unspecified atom stereocenters. The van der Waals surface area contributed by atoms with E-state index in [1.807, 2.05) is 13.0 Å². The molecule has 0 radical (unpaired) electrons. The average Bonchev–Trinajstić information content (AvgIpc) is 3.20. The number of fused-ring (bicyclic) bond motifs is 1. The Balaban J connectivity index is 1.36. The number of nitrogens with one attached hydrogen (secondary N) is 1. The Kier molecular flexibility index (Phi) is 4.88. The number of H-pyrrole nitrogens is 1. The SMILES string of the molecule is C=C(/C=C\C)C1(c2nc3ccc(N4CCC[C@@H](C(=O)N5CCCC5)C4)nc3[nH]2)CC1. The van der Waals surface area contributed by atoms with Crippen molar-refractivity contribution in [1.29, 1.82) is 0 Å². The number of aromatic nitrogens is 3. The number of carbonyl (C=O) groups is 1. The van der Waals surface area contributed by atoms with Gasteiger partial charge in [0.25, 0.3) is 0 Å². The third-order valence-electron chi connectivity index (χ3n) is 7.03. The number of nitrogens with zero attached hydrogens (tertiary/aromatic N) is 4. The van der Waals surface area contributed by atoms with Crippen LogP contribution in [0.25, 0.3) is 11.2 Å². The summed E-state index contributed by atoms with van der Waals surface area (Å²) in [5.41, 5.74) is 2.79. The first kappa shape index (κ1) is 19.3. The number of carbonyl (C=O) groups excluding carboxylic acids is 1. The molecular weight excluding hydrogens is 374 g/mol. The molecule has 2 aliphatic heterocycles. The van der Waals surface area contributed by atoms with Crippen LogP contribution in [0.15, 0.2) is 36.4 Å². The first-order valence-electron chi connectivity index (χ1n) is 11.3. The summed E-state index contributed by atoms with van der Waals surface area (Å²) < 4.78 is 0. The number of likely N-dealkylation sites (tertiary alicyclic amines) is 1. The highest BCUT2D eigenvalue weighted by Gasteiger charge is 2.48. The fourth-order valence-corrected chi connectivity index (χ4v) is 5.07. The van der Waals surface area contributed by atoms with E-state index in [4.69, 9.17) is 9.97 Å². The third-order valence-corrected chi connectivity index (χ3v) is 7.03. The third kappa shape index (κ3) is 3.32. The molecule has 30 heavy (non-hydrogen) atoms. The van der Waals surface area contributed by atoms with Gasteiger partial charge in [-0.1, -0.05) is 18.7 Å². The van der Waals surface area contributed by atoms with Gasteiger partial charge in [0.2, 0.25) is 5.91 Å². The number of imidazole rings is 1. The topological polar surface area (TPSA) is 65.1 Å². The molecule has 1 N–H and O–H groups in total. The summed E-state index contributed by atoms with van der Waals surface area (Å²) in [5, 5.41) is 0. The normalized spacial score (nSPS) is 23.4. The second kappa shape index (κ2) is 7.56. The van der Waals surface area contributed by atoms with E-state index in [0.29, 0.717) is 5.91 Å². The Hall–Kier alpha value is -2.63. The molecule has 1 amide bonds. The van der Waals surface area contributed by atoms with Crippen LogP contribution in [-0.4, -0.2) is 51.9 Å². The van der Waals surface area contributed by atoms with Gasteiger partial charge in [-0.25, -0.2) is 9.97 Å². The fraction of sp³-hybridized carbons (Fsp3) is 0.542. The van der Waals surface area contributed by atoms with E-state index in [9.17, 15) is 4.79 Å². The van der Waals surface area contributed by atoms with Gasteiger partial charge < -0.3 is 14.8 Å². The van der Waals surface area contributed by atoms with Crippen molar-refractivity contribution in [3.63, 3.8) is 0 Å². The largest absolute Gasteiger partial charge is 0.356 e. The monoisotopic (exact) mass is 405 g/mol. The number of allylic oxidation sites excluding steroid dienone is 3. The van der Waals surface area contributed by atoms with Crippen LogP contribution in [0.5, 0.6) is 0 Å². The van der Waals surface area contributed by atoms with Crippen molar-refractivity contribution < 1.29 is 4.79 Å². The molecule has 3 fully saturated rings. The molecule has 0 spiro atoms. The van der Waals surface area contributed by atoms with Crippen molar-refractivity contribution in [2.75, 3.05) is 31.1 Å². The lowest BCUT2D eigenvalue weighted by Gasteiger charge is -2.34. The molecule has 2 aromatic rings. The number of piperidine rings is 1. The zero-order valence-corrected chi connectivity index (χ0v) is 17.9. The van der Waals surface area contributed by atoms with E-state index in [-0.39, 0.29) is 11.3 Å². The molecule has 3 aliphatic rings. The van der Waals surface area contributed by atoms with Crippen LogP contribution in [-0.2, 0) is 10.2 Å². The lowest BCUT2D eigenvalue weighted by molar-refractivity contribution is -0.134. The number of aromatic amines is 1. The zero-order valence-electron chi connectivity index (χ0n) is 17.9. The first-order valence-corrected chi connectivity index (χ1v) is 11.3. The molecule has 6 heteroatoms. The van der Waals surface area contributed by atoms with E-state index in [2.05, 4.69) is 39.6 Å². The molecule has 0 bridgehead atoms. The van der Waals surface area contributed by atoms with Crippen LogP contribution in [0, 0.1) is 5.92 Å². The van der Waals surface area contributed by atoms with Crippen LogP contribution in [0.2, 0.25) is 0 Å². The van der Waals surface area contributed by atoms with E-state index < -0.39 is 0 Å². The van der Waals surface area contributed by atoms with E-state index in [1.165, 1.54) is 0 Å². The van der Waals surface area contributed by atoms with Crippen LogP contribution < -0.4 is 4.90 Å². The van der Waals surface area contributed by atoms with Gasteiger partial charge in [-0.05, 0) is 63.2 Å². The molecule has 1 aliphatic carbocycles. The van der Waals surface area contributed by atoms with Gasteiger partial charge in [-0.15, -0.1) is 0 Å². The Bertz CT molecular complexity index is 996. The summed E-state index contributed by atoms with van der Waals surface area (Å²) >= 11 is 0. The van der Waals surface area contributed by atoms with E-state index >= 15 is 0 Å². The number of pyridine rings is 1. The van der Waals surface area contributed by atoms with Gasteiger partial charge in [-0.3, -0.25) is 4.79 Å². The van der Waals surface area contributed by atoms with Gasteiger partial charge in [0.05, 0.1) is 11.3 Å². The number of amides is 1. The Labute approximate surface area is 178 Å². The van der Waals surface area contributed by atoms with Gasteiger partial charge in [0, 0.05) is 26.2 Å². The predicted molar refractivity (Wildman–Crippen MR) is 120 cm³/mol. The summed E-state index contributed by atoms with van der Waals surface area (Å²) in [6.45, 7) is 9.85. The minimum Gasteiger partial charge on any atom is -0.356 e. The number of anilines is 1. The standard InChI is InChI=1S/C24H31N5O/c1-3-7-17(2)24(11-12-24)23-25-19-9-10-20(26-21(19)27-23)29-15-6-8-18(16-29)22(30)28-13-4-5-14-28/h3,7,9-10,18H,2,4-6,8,11-16H2,1H3,(H,25,26,27)/b7-3-/t18-/m1/s1. The smallest absolute Gasteiger partial charge is 0.227 e. The molecule has 1 atom stereocenters. The molecule has 2 aromatic heterocycles. The van der Waals surface area contributed by atoms with E-state index in [0.717, 1.165) is 93.1 Å². The highest BCUT2D eigenvalue weighted by atomic mass is 16.2. The number of hydrogen-bond donors (Lipinski definition) is 1. The second-order valence-electron chi connectivity index (χ2n) is 9.05. The van der Waals surface area contributed by atoms with Crippen LogP contribution in [0.3, 0.4) is 0 Å². The molecule has 158 valence electrons. The predicted octanol–water partition coefficient (Wildman–Crippen LogP) is 3.96. The number of hydrogen-bond acceptors (Lipinski definition) is 4. The zero-order chi connectivity index (χ0) is 20.7. The Morgan fingerprint density at radius 1 is 1.20 bits per heavy atom. The maximum absolute atomic E-state index is 12.9. The average molecular weight is 406 g/mol. The molecule has 4 heterocycles. The Morgan fingerprint density at radius 2 is 2.00 bits per heavy atom. The summed E-state index contributed by atoms with van der Waals surface area (Å²) in [5.74, 6) is 2.34. The lowest BCUT2D eigenvalue weighted by Crippen LogP contribution is -2.44. The van der Waals surface area contributed by atoms with Crippen molar-refractivity contribution in [3.8, 4) is 0 Å². The second-order valence-corrected chi connectivity index (χ2v) is 9.05. The molecular formula is C24H31N5O. The lowest BCUT2D eigenvalue weighted by atomic mass is 9.96. The minimum atomic E-state index is -0.0499. The maximum Gasteiger partial charge on any atom is 0.227 e. The van der Waals surface area contributed by atoms with Crippen LogP contribution in [0.4, 0.5) is 5.82 Å². The van der Waals surface area contributed by atoms with Crippen LogP contribution >= 0.6 is 0 Å². The summed E-state index contributed by atoms with van der Waals surface area (Å²) in [4.78, 5) is 30.4. The summed E-state index contributed by atoms with van der Waals surface area (Å²) in [7, 11) is 0. The van der Waals surface area contributed by atoms with Crippen molar-refractivity contribution >= 4 is 22.9 Å². The summed E-state index contributed by atoms with van der Waals surface area (Å²) in [6, 6.07) is 4.11. The van der Waals surface area contributed by atoms with Crippen molar-refractivity contribution in [2.45, 2.75) is 50.9 Å². The van der Waals surface area contributed by atoms with Crippen molar-refractivity contribution in [1.82, 2.24) is 19.9 Å². The van der Waals surface area contributed by atoms with Gasteiger partial charge >= 0.3 is 0 Å². The summed E-state index contributed by atoms with van der Waals surface area (Å²) in [6.07, 6.45) is 10.6. The molecule has 6 nitrogen and oxygen atoms in total. The highest BCUT2D eigenvalue weighted by Crippen LogP contribution is 2.52. The van der Waals surface area contributed by atoms with Crippen molar-refractivity contribution in [3.05, 3.63) is 42.3 Å².